The minimum Gasteiger partial charge on any atom is -0.495 e. The topological polar surface area (TPSA) is 66.0 Å². The van der Waals surface area contributed by atoms with E-state index in [1.807, 2.05) is 41.8 Å². The summed E-state index contributed by atoms with van der Waals surface area (Å²) in [6.45, 7) is 1.91. The molecule has 23 heavy (non-hydrogen) atoms. The first-order valence-corrected chi connectivity index (χ1v) is 7.26. The summed E-state index contributed by atoms with van der Waals surface area (Å²) in [5.41, 5.74) is 8.78. The zero-order valence-electron chi connectivity index (χ0n) is 13.1. The number of nitrogen functional groups attached to an aromatic ring is 1. The zero-order chi connectivity index (χ0) is 16.4. The summed E-state index contributed by atoms with van der Waals surface area (Å²) in [7, 11) is 1.52. The molecule has 0 aliphatic rings. The van der Waals surface area contributed by atoms with E-state index in [4.69, 9.17) is 15.2 Å². The van der Waals surface area contributed by atoms with E-state index in [0.717, 1.165) is 11.1 Å². The number of carbonyl (C=O) groups excluding carboxylic acids is 1. The summed E-state index contributed by atoms with van der Waals surface area (Å²) in [6.07, 6.45) is 1.91. The van der Waals surface area contributed by atoms with Crippen LogP contribution in [0, 0.1) is 6.92 Å². The van der Waals surface area contributed by atoms with Gasteiger partial charge in [0.25, 0.3) is 0 Å². The molecule has 0 atom stereocenters. The normalized spacial score (nSPS) is 10.7. The van der Waals surface area contributed by atoms with E-state index < -0.39 is 0 Å². The molecule has 0 saturated carbocycles. The van der Waals surface area contributed by atoms with E-state index in [0.29, 0.717) is 22.9 Å². The smallest absolute Gasteiger partial charge is 0.201 e. The van der Waals surface area contributed by atoms with E-state index in [-0.39, 0.29) is 12.4 Å². The number of aromatic nitrogens is 1. The van der Waals surface area contributed by atoms with Crippen LogP contribution >= 0.6 is 0 Å². The van der Waals surface area contributed by atoms with Gasteiger partial charge in [-0.1, -0.05) is 6.07 Å². The Morgan fingerprint density at radius 1 is 1.22 bits per heavy atom. The first kappa shape index (κ1) is 15.0. The Balaban J connectivity index is 1.79. The molecule has 3 aromatic rings. The van der Waals surface area contributed by atoms with Gasteiger partial charge in [0.05, 0.1) is 12.8 Å². The minimum absolute atomic E-state index is 0.0467. The minimum atomic E-state index is -0.131. The summed E-state index contributed by atoms with van der Waals surface area (Å²) in [4.78, 5) is 12.3. The van der Waals surface area contributed by atoms with Gasteiger partial charge in [-0.15, -0.1) is 0 Å². The lowest BCUT2D eigenvalue weighted by atomic mass is 10.1. The van der Waals surface area contributed by atoms with Crippen LogP contribution in [0.1, 0.15) is 15.9 Å². The highest BCUT2D eigenvalue weighted by Gasteiger charge is 2.13. The van der Waals surface area contributed by atoms with Crippen molar-refractivity contribution in [2.45, 2.75) is 6.92 Å². The highest BCUT2D eigenvalue weighted by Crippen LogP contribution is 2.25. The van der Waals surface area contributed by atoms with E-state index >= 15 is 0 Å². The number of anilines is 1. The fourth-order valence-corrected chi connectivity index (χ4v) is 2.52. The maximum Gasteiger partial charge on any atom is 0.201 e. The first-order valence-electron chi connectivity index (χ1n) is 7.26. The second kappa shape index (κ2) is 6.04. The van der Waals surface area contributed by atoms with Crippen molar-refractivity contribution in [3.63, 3.8) is 0 Å². The number of methoxy groups -OCH3 is 1. The van der Waals surface area contributed by atoms with Crippen LogP contribution in [0.5, 0.6) is 11.6 Å². The molecule has 0 fully saturated rings. The number of aryl methyl sites for hydroxylation is 1. The fraction of sp³-hybridized carbons (Fsp3) is 0.167. The van der Waals surface area contributed by atoms with Gasteiger partial charge in [-0.25, -0.2) is 0 Å². The summed E-state index contributed by atoms with van der Waals surface area (Å²) < 4.78 is 12.8. The molecule has 0 spiro atoms. The second-order valence-electron chi connectivity index (χ2n) is 5.30. The van der Waals surface area contributed by atoms with Crippen molar-refractivity contribution in [1.82, 2.24) is 4.40 Å². The summed E-state index contributed by atoms with van der Waals surface area (Å²) in [5, 5.41) is 0. The van der Waals surface area contributed by atoms with Gasteiger partial charge in [0.1, 0.15) is 5.75 Å². The van der Waals surface area contributed by atoms with E-state index in [9.17, 15) is 4.79 Å². The monoisotopic (exact) mass is 310 g/mol. The van der Waals surface area contributed by atoms with Crippen LogP contribution in [0.15, 0.2) is 48.7 Å². The highest BCUT2D eigenvalue weighted by molar-refractivity contribution is 5.98. The van der Waals surface area contributed by atoms with Crippen LogP contribution < -0.4 is 15.2 Å². The maximum atomic E-state index is 12.3. The number of pyridine rings is 1. The Morgan fingerprint density at radius 3 is 2.83 bits per heavy atom. The van der Waals surface area contributed by atoms with Crippen LogP contribution in [0.2, 0.25) is 0 Å². The molecule has 0 saturated heterocycles. The third kappa shape index (κ3) is 2.85. The Labute approximate surface area is 134 Å². The predicted molar refractivity (Wildman–Crippen MR) is 89.4 cm³/mol. The van der Waals surface area contributed by atoms with Gasteiger partial charge in [-0.05, 0) is 43.3 Å². The standard InChI is InChI=1S/C18H18N2O3/c1-12-9-14-5-3-4-8-20(14)18(12)23-11-16(21)13-6-7-15(19)17(10-13)22-2/h3-10H,11,19H2,1-2H3. The number of ether oxygens (including phenoxy) is 2. The molecular formula is C18H18N2O3. The molecule has 2 N–H and O–H groups in total. The first-order chi connectivity index (χ1) is 11.1. The zero-order valence-corrected chi connectivity index (χ0v) is 13.1. The van der Waals surface area contributed by atoms with Crippen LogP contribution in [-0.2, 0) is 0 Å². The number of fused-ring (bicyclic) bond motifs is 1. The van der Waals surface area contributed by atoms with E-state index in [2.05, 4.69) is 0 Å². The van der Waals surface area contributed by atoms with Crippen LogP contribution in [0.4, 0.5) is 5.69 Å². The lowest BCUT2D eigenvalue weighted by molar-refractivity contribution is 0.0917. The third-order valence-corrected chi connectivity index (χ3v) is 3.71. The fourth-order valence-electron chi connectivity index (χ4n) is 2.52. The quantitative estimate of drug-likeness (QED) is 0.581. The Bertz CT molecular complexity index is 868. The van der Waals surface area contributed by atoms with Crippen molar-refractivity contribution >= 4 is 17.0 Å². The Morgan fingerprint density at radius 2 is 2.04 bits per heavy atom. The predicted octanol–water partition coefficient (Wildman–Crippen LogP) is 3.10. The van der Waals surface area contributed by atoms with Crippen molar-refractivity contribution in [1.29, 1.82) is 0 Å². The number of benzene rings is 1. The number of hydrogen-bond donors (Lipinski definition) is 1. The number of carbonyl (C=O) groups is 1. The lowest BCUT2D eigenvalue weighted by Crippen LogP contribution is -2.13. The van der Waals surface area contributed by atoms with Crippen molar-refractivity contribution in [2.75, 3.05) is 19.5 Å². The number of ketones is 1. The molecule has 0 unspecified atom stereocenters. The van der Waals surface area contributed by atoms with Gasteiger partial charge < -0.3 is 15.2 Å². The molecule has 0 amide bonds. The van der Waals surface area contributed by atoms with Gasteiger partial charge in [-0.3, -0.25) is 9.20 Å². The molecule has 0 bridgehead atoms. The third-order valence-electron chi connectivity index (χ3n) is 3.71. The van der Waals surface area contributed by atoms with Gasteiger partial charge in [0, 0.05) is 22.8 Å². The molecule has 5 nitrogen and oxygen atoms in total. The van der Waals surface area contributed by atoms with E-state index in [1.165, 1.54) is 7.11 Å². The van der Waals surface area contributed by atoms with Crippen LogP contribution in [0.3, 0.4) is 0 Å². The number of hydrogen-bond acceptors (Lipinski definition) is 4. The molecule has 118 valence electrons. The number of Topliss-reactive ketones (excluding diaryl/α,β-unsaturated/α-hetero) is 1. The molecule has 2 aromatic heterocycles. The molecule has 0 radical (unpaired) electrons. The number of rotatable bonds is 5. The Hall–Kier alpha value is -2.95. The number of nitrogens with two attached hydrogens (primary N) is 1. The highest BCUT2D eigenvalue weighted by atomic mass is 16.5. The summed E-state index contributed by atoms with van der Waals surface area (Å²) in [6, 6.07) is 12.9. The van der Waals surface area contributed by atoms with Gasteiger partial charge in [-0.2, -0.15) is 0 Å². The maximum absolute atomic E-state index is 12.3. The molecule has 1 aromatic carbocycles. The Kier molecular flexibility index (Phi) is 3.93. The average Bonchev–Trinajstić information content (AvgIpc) is 2.88. The van der Waals surface area contributed by atoms with Gasteiger partial charge in [0.15, 0.2) is 12.4 Å². The van der Waals surface area contributed by atoms with Crippen LogP contribution in [-0.4, -0.2) is 23.9 Å². The molecule has 5 heteroatoms. The summed E-state index contributed by atoms with van der Waals surface area (Å²) in [5.74, 6) is 1.03. The van der Waals surface area contributed by atoms with Crippen molar-refractivity contribution in [3.8, 4) is 11.6 Å². The van der Waals surface area contributed by atoms with Gasteiger partial charge in [0.2, 0.25) is 5.88 Å². The second-order valence-corrected chi connectivity index (χ2v) is 5.30. The summed E-state index contributed by atoms with van der Waals surface area (Å²) >= 11 is 0. The molecule has 0 aliphatic heterocycles. The van der Waals surface area contributed by atoms with Crippen molar-refractivity contribution < 1.29 is 14.3 Å². The molecule has 3 rings (SSSR count). The SMILES string of the molecule is COc1cc(C(=O)COc2c(C)cc3ccccn23)ccc1N. The lowest BCUT2D eigenvalue weighted by Gasteiger charge is -2.09. The van der Waals surface area contributed by atoms with Crippen molar-refractivity contribution in [3.05, 3.63) is 59.8 Å². The average molecular weight is 310 g/mol. The van der Waals surface area contributed by atoms with Gasteiger partial charge >= 0.3 is 0 Å². The van der Waals surface area contributed by atoms with Crippen LogP contribution in [0.25, 0.3) is 5.52 Å². The van der Waals surface area contributed by atoms with Crippen molar-refractivity contribution in [2.24, 2.45) is 0 Å². The molecular weight excluding hydrogens is 292 g/mol. The number of nitrogens with zero attached hydrogens (tertiary/aromatic N) is 1. The molecule has 2 heterocycles. The molecule has 0 aliphatic carbocycles. The largest absolute Gasteiger partial charge is 0.495 e. The van der Waals surface area contributed by atoms with E-state index in [1.54, 1.807) is 18.2 Å².